The van der Waals surface area contributed by atoms with Crippen LogP contribution in [0.1, 0.15) is 75.0 Å². The fourth-order valence-electron chi connectivity index (χ4n) is 6.70. The lowest BCUT2D eigenvalue weighted by molar-refractivity contribution is -0.146. The molecule has 1 fully saturated rings. The predicted octanol–water partition coefficient (Wildman–Crippen LogP) is 6.79. The van der Waals surface area contributed by atoms with E-state index in [4.69, 9.17) is 9.47 Å². The van der Waals surface area contributed by atoms with Crippen molar-refractivity contribution in [3.05, 3.63) is 89.5 Å². The van der Waals surface area contributed by atoms with Gasteiger partial charge < -0.3 is 35.2 Å². The van der Waals surface area contributed by atoms with Gasteiger partial charge in [0.1, 0.15) is 6.23 Å². The minimum Gasteiger partial charge on any atom is -0.394 e. The number of thioether (sulfide) groups is 1. The van der Waals surface area contributed by atoms with Crippen LogP contribution in [0.5, 0.6) is 0 Å². The van der Waals surface area contributed by atoms with E-state index in [1.54, 1.807) is 0 Å². The van der Waals surface area contributed by atoms with Gasteiger partial charge in [0.25, 0.3) is 0 Å². The molecule has 4 N–H and O–H groups in total. The van der Waals surface area contributed by atoms with Gasteiger partial charge in [0.2, 0.25) is 6.41 Å². The van der Waals surface area contributed by atoms with Crippen molar-refractivity contribution in [3.63, 3.8) is 0 Å². The number of aliphatic hydroxyl groups is 2. The van der Waals surface area contributed by atoms with E-state index in [0.29, 0.717) is 25.9 Å². The van der Waals surface area contributed by atoms with Crippen LogP contribution in [0.4, 0.5) is 11.4 Å². The molecule has 2 heterocycles. The number of nitrogens with zero attached hydrogens (tertiary/aromatic N) is 1. The van der Waals surface area contributed by atoms with Crippen molar-refractivity contribution in [3.8, 4) is 0 Å². The molecule has 0 aliphatic carbocycles. The number of anilines is 2. The molecule has 2 aliphatic rings. The number of carbonyl (C=O) groups excluding carboxylic acids is 1. The summed E-state index contributed by atoms with van der Waals surface area (Å²) < 4.78 is 11.3. The molecule has 0 saturated carbocycles. The van der Waals surface area contributed by atoms with Gasteiger partial charge in [0.15, 0.2) is 0 Å². The van der Waals surface area contributed by atoms with E-state index in [1.165, 1.54) is 21.7 Å². The lowest BCUT2D eigenvalue weighted by atomic mass is 9.69. The summed E-state index contributed by atoms with van der Waals surface area (Å²) >= 11 is 1.93. The minimum absolute atomic E-state index is 0.0231. The Morgan fingerprint density at radius 1 is 1.06 bits per heavy atom. The molecule has 6 atom stereocenters. The smallest absolute Gasteiger partial charge is 0.209 e. The van der Waals surface area contributed by atoms with E-state index in [2.05, 4.69) is 85.9 Å². The van der Waals surface area contributed by atoms with E-state index < -0.39 is 6.10 Å². The number of hydrogen-bond donors (Lipinski definition) is 4. The van der Waals surface area contributed by atoms with Crippen LogP contribution in [0.2, 0.25) is 0 Å². The Labute approximate surface area is 291 Å². The van der Waals surface area contributed by atoms with Gasteiger partial charge in [-0.05, 0) is 59.9 Å². The molecule has 0 bridgehead atoms. The number of aliphatic hydroxyl groups excluding tert-OH is 2. The summed E-state index contributed by atoms with van der Waals surface area (Å²) in [5.74, 6) is 0.950. The predicted molar refractivity (Wildman–Crippen MR) is 197 cm³/mol. The summed E-state index contributed by atoms with van der Waals surface area (Å²) in [6, 6.07) is 25.2. The van der Waals surface area contributed by atoms with E-state index in [-0.39, 0.29) is 36.4 Å². The summed E-state index contributed by atoms with van der Waals surface area (Å²) in [4.78, 5) is 13.9. The highest BCUT2D eigenvalue weighted by atomic mass is 32.2. The van der Waals surface area contributed by atoms with Crippen molar-refractivity contribution >= 4 is 29.5 Å². The third-order valence-electron chi connectivity index (χ3n) is 9.72. The minimum atomic E-state index is -0.405. The van der Waals surface area contributed by atoms with Gasteiger partial charge in [0.05, 0.1) is 31.5 Å². The van der Waals surface area contributed by atoms with Crippen LogP contribution in [0.25, 0.3) is 0 Å². The second-order valence-electron chi connectivity index (χ2n) is 13.1. The molecule has 5 rings (SSSR count). The average Bonchev–Trinajstić information content (AvgIpc) is 3.24. The number of rotatable bonds is 13. The first-order valence-corrected chi connectivity index (χ1v) is 18.3. The van der Waals surface area contributed by atoms with Crippen LogP contribution >= 0.6 is 11.8 Å². The molecule has 3 aromatic rings. The van der Waals surface area contributed by atoms with E-state index in [9.17, 15) is 15.0 Å². The van der Waals surface area contributed by atoms with Crippen molar-refractivity contribution in [2.75, 3.05) is 43.7 Å². The van der Waals surface area contributed by atoms with Crippen LogP contribution in [-0.4, -0.2) is 74.7 Å². The maximum absolute atomic E-state index is 11.9. The number of nitrogens with one attached hydrogen (secondary N) is 2. The lowest BCUT2D eigenvalue weighted by Crippen LogP contribution is -2.45. The van der Waals surface area contributed by atoms with Gasteiger partial charge in [-0.2, -0.15) is 0 Å². The Hall–Kier alpha value is -3.08. The van der Waals surface area contributed by atoms with Gasteiger partial charge in [0, 0.05) is 67.3 Å². The number of fused-ring (bicyclic) bond motifs is 1. The molecule has 0 aromatic heterocycles. The third kappa shape index (κ3) is 9.76. The van der Waals surface area contributed by atoms with Crippen LogP contribution in [-0.2, 0) is 20.9 Å². The van der Waals surface area contributed by atoms with Crippen molar-refractivity contribution in [1.29, 1.82) is 0 Å². The molecular formula is C39H55N3O5S. The highest BCUT2D eigenvalue weighted by molar-refractivity contribution is 7.99. The van der Waals surface area contributed by atoms with Crippen molar-refractivity contribution in [2.24, 2.45) is 5.41 Å². The molecule has 8 nitrogen and oxygen atoms in total. The molecule has 262 valence electrons. The summed E-state index contributed by atoms with van der Waals surface area (Å²) in [6.45, 7) is 4.95. The zero-order valence-corrected chi connectivity index (χ0v) is 30.0. The first-order valence-electron chi connectivity index (χ1n) is 17.3. The zero-order valence-electron chi connectivity index (χ0n) is 29.2. The molecule has 3 aromatic carbocycles. The highest BCUT2D eigenvalue weighted by Gasteiger charge is 2.44. The average molecular weight is 678 g/mol. The van der Waals surface area contributed by atoms with Crippen molar-refractivity contribution in [1.82, 2.24) is 5.32 Å². The molecule has 0 radical (unpaired) electrons. The molecule has 3 unspecified atom stereocenters. The van der Waals surface area contributed by atoms with Gasteiger partial charge >= 0.3 is 0 Å². The van der Waals surface area contributed by atoms with Crippen molar-refractivity contribution in [2.45, 2.75) is 94.3 Å². The molecule has 48 heavy (non-hydrogen) atoms. The first-order chi connectivity index (χ1) is 23.3. The monoisotopic (exact) mass is 677 g/mol. The van der Waals surface area contributed by atoms with E-state index in [1.807, 2.05) is 49.1 Å². The Morgan fingerprint density at radius 2 is 1.85 bits per heavy atom. The number of carbonyl (C=O) groups is 1. The van der Waals surface area contributed by atoms with E-state index >= 15 is 0 Å². The second kappa shape index (κ2) is 18.6. The molecule has 1 amide bonds. The zero-order chi connectivity index (χ0) is 34.5. The summed E-state index contributed by atoms with van der Waals surface area (Å²) in [5.41, 5.74) is 5.76. The maximum Gasteiger partial charge on any atom is 0.209 e. The second-order valence-corrected chi connectivity index (χ2v) is 14.1. The van der Waals surface area contributed by atoms with Gasteiger partial charge in [-0.25, -0.2) is 0 Å². The third-order valence-corrected chi connectivity index (χ3v) is 11.1. The Morgan fingerprint density at radius 3 is 2.52 bits per heavy atom. The molecule has 1 saturated heterocycles. The van der Waals surface area contributed by atoms with Crippen LogP contribution in [0, 0.1) is 5.41 Å². The lowest BCUT2D eigenvalue weighted by Gasteiger charge is -2.40. The Bertz CT molecular complexity index is 1410. The van der Waals surface area contributed by atoms with Crippen LogP contribution < -0.4 is 15.5 Å². The topological polar surface area (TPSA) is 103 Å². The molecule has 0 spiro atoms. The first kappa shape index (κ1) is 37.7. The van der Waals surface area contributed by atoms with Crippen molar-refractivity contribution < 1.29 is 24.5 Å². The largest absolute Gasteiger partial charge is 0.394 e. The van der Waals surface area contributed by atoms with Gasteiger partial charge in [-0.1, -0.05) is 69.2 Å². The number of unbranched alkanes of at least 4 members (excludes halogenated alkanes) is 1. The molecule has 9 heteroatoms. The van der Waals surface area contributed by atoms with Gasteiger partial charge in [-0.15, -0.1) is 11.8 Å². The summed E-state index contributed by atoms with van der Waals surface area (Å²) in [5, 5.41) is 27.0. The molecule has 2 aliphatic heterocycles. The quantitative estimate of drug-likeness (QED) is 0.147. The maximum atomic E-state index is 11.9. The number of ether oxygens (including phenoxy) is 2. The van der Waals surface area contributed by atoms with Crippen LogP contribution in [0.15, 0.2) is 77.7 Å². The highest BCUT2D eigenvalue weighted by Crippen LogP contribution is 2.51. The van der Waals surface area contributed by atoms with E-state index in [0.717, 1.165) is 42.7 Å². The Kier molecular flexibility index (Phi) is 14.6. The number of hydrogen-bond acceptors (Lipinski definition) is 8. The van der Waals surface area contributed by atoms with Gasteiger partial charge in [-0.3, -0.25) is 4.79 Å². The molecular weight excluding hydrogens is 623 g/mol. The summed E-state index contributed by atoms with van der Waals surface area (Å²) in [6.07, 6.45) is 5.14. The normalized spacial score (nSPS) is 25.1. The fraction of sp³-hybridized carbons (Fsp3) is 0.513. The standard InChI is InChI=1S/C25H36N2OS.C14H19NO4/c1-6-8-14-25(7-2)17-29-22-13-12-20(27(4)5)16-21(22)23(24(25)28)18-10-9-11-19(15-18)26-3;16-8-13-6-12(7-14(19-13)15-10-17)18-9-11-4-2-1-3-5-11/h9-13,15-16,23-24,26,28H,6-8,14,17H2,1-5H3;1-5,10,12-14,16H,6-9H2,(H,15,17)/t23-,24?,25-;12?,13?,14-/m11/s1. The fourth-order valence-corrected chi connectivity index (χ4v) is 8.18. The number of amides is 1. The SMILES string of the molecule is CCCC[C@]1(CC)CSc2ccc(N(C)C)cc2[C@@H](c2cccc(NC)c2)C1O.O=CN[C@H]1CC(OCc2ccccc2)CC(CO)O1. The summed E-state index contributed by atoms with van der Waals surface area (Å²) in [7, 11) is 6.11. The Balaban J connectivity index is 0.000000237. The van der Waals surface area contributed by atoms with Crippen LogP contribution in [0.3, 0.4) is 0 Å². The number of benzene rings is 3.